The summed E-state index contributed by atoms with van der Waals surface area (Å²) in [5.74, 6) is -0.298. The van der Waals surface area contributed by atoms with Crippen LogP contribution >= 0.6 is 0 Å². The van der Waals surface area contributed by atoms with Gasteiger partial charge in [0.25, 0.3) is 0 Å². The first-order valence-electron chi connectivity index (χ1n) is 30.4. The molecule has 2 heterocycles. The predicted molar refractivity (Wildman–Crippen MR) is 292 cm³/mol. The maximum atomic E-state index is 12.5. The molecule has 0 aliphatic heterocycles. The summed E-state index contributed by atoms with van der Waals surface area (Å²) in [6.07, 6.45) is 1.41. The monoisotopic (exact) mass is 1110 g/mol. The molecule has 0 unspecified atom stereocenters. The van der Waals surface area contributed by atoms with Crippen molar-refractivity contribution in [2.45, 2.75) is 111 Å². The maximum absolute atomic E-state index is 12.5. The summed E-state index contributed by atoms with van der Waals surface area (Å²) >= 11 is 0. The Morgan fingerprint density at radius 1 is 0.600 bits per heavy atom. The molecule has 7 aromatic carbocycles. The summed E-state index contributed by atoms with van der Waals surface area (Å²) in [5, 5.41) is 12.5. The van der Waals surface area contributed by atoms with Crippen molar-refractivity contribution >= 4 is 11.0 Å². The predicted octanol–water partition coefficient (Wildman–Crippen LogP) is 17.9. The number of imidazole rings is 1. The average Bonchev–Trinajstić information content (AvgIpc) is 2.70. The van der Waals surface area contributed by atoms with Crippen molar-refractivity contribution in [1.82, 2.24) is 14.5 Å². The van der Waals surface area contributed by atoms with Crippen LogP contribution in [-0.2, 0) is 31.9 Å². The van der Waals surface area contributed by atoms with Gasteiger partial charge in [-0.3, -0.25) is 9.55 Å². The molecule has 0 radical (unpaired) electrons. The number of para-hydroxylation sites is 1. The Kier molecular flexibility index (Phi) is 9.86. The molecule has 1 N–H and O–H groups in total. The molecule has 70 heavy (non-hydrogen) atoms. The van der Waals surface area contributed by atoms with Crippen molar-refractivity contribution < 1.29 is 45.4 Å². The summed E-state index contributed by atoms with van der Waals surface area (Å²) < 4.78 is 122. The van der Waals surface area contributed by atoms with E-state index in [1.54, 1.807) is 0 Å². The van der Waals surface area contributed by atoms with E-state index in [2.05, 4.69) is 81.7 Å². The molecule has 0 aliphatic carbocycles. The fourth-order valence-electron chi connectivity index (χ4n) is 8.82. The van der Waals surface area contributed by atoms with Crippen LogP contribution in [-0.4, -0.2) is 19.6 Å². The minimum Gasteiger partial charge on any atom is -0.507 e. The second-order valence-corrected chi connectivity index (χ2v) is 19.8. The molecule has 0 aliphatic rings. The molecular formula is C65H66N3OPt-. The Hall–Kier alpha value is -6.35. The van der Waals surface area contributed by atoms with E-state index in [0.29, 0.717) is 39.1 Å². The van der Waals surface area contributed by atoms with Crippen LogP contribution < -0.4 is 0 Å². The minimum absolute atomic E-state index is 0. The first kappa shape index (κ1) is 34.9. The number of phenolic OH excluding ortho intramolecular Hbond substituents is 1. The van der Waals surface area contributed by atoms with E-state index in [0.717, 1.165) is 50.2 Å². The number of nitrogens with zero attached hydrogens (tertiary/aromatic N) is 3. The van der Waals surface area contributed by atoms with Crippen molar-refractivity contribution in [1.29, 1.82) is 0 Å². The summed E-state index contributed by atoms with van der Waals surface area (Å²) in [6, 6.07) is 40.7. The Balaban J connectivity index is 0.00000920. The first-order chi connectivity index (χ1) is 38.6. The molecule has 9 aromatic rings. The maximum Gasteiger partial charge on any atom is 0.148 e. The zero-order valence-corrected chi connectivity index (χ0v) is 43.2. The molecule has 9 rings (SSSR count). The number of aromatic nitrogens is 3. The van der Waals surface area contributed by atoms with Gasteiger partial charge in [0.1, 0.15) is 11.6 Å². The van der Waals surface area contributed by atoms with E-state index < -0.39 is 61.6 Å². The smallest absolute Gasteiger partial charge is 0.148 e. The van der Waals surface area contributed by atoms with Gasteiger partial charge < -0.3 is 5.11 Å². The summed E-state index contributed by atoms with van der Waals surface area (Å²) in [7, 11) is 0. The van der Waals surface area contributed by atoms with E-state index in [1.807, 2.05) is 107 Å². The van der Waals surface area contributed by atoms with E-state index in [9.17, 15) is 9.22 Å². The molecule has 0 saturated heterocycles. The molecule has 5 heteroatoms. The average molecular weight is 1110 g/mol. The SMILES string of the molecule is [2H]c1c([2H])c(C(C([2H])([2H])[2H])(C([2H])([2H])[2H])C([2H])([2H])[2H])c([2H])c([2H])c1-c1ccnc(-c2[c-]c(-c3cccc4c3nc(-c3cc(C(C)C)cc(C(C)C)c3O)n4-c3ccc(C([2H])(C)C)cc3-c3ccc(C(C)(C)C)cc3)cc(-c3ccccc3)c2)c1.[Pt]. The van der Waals surface area contributed by atoms with Crippen LogP contribution in [0.4, 0.5) is 0 Å². The Morgan fingerprint density at radius 3 is 1.96 bits per heavy atom. The summed E-state index contributed by atoms with van der Waals surface area (Å²) in [4.78, 5) is 10.3. The third kappa shape index (κ3) is 9.99. The largest absolute Gasteiger partial charge is 0.507 e. The third-order valence-electron chi connectivity index (χ3n) is 12.8. The van der Waals surface area contributed by atoms with E-state index in [1.165, 1.54) is 18.3 Å². The normalized spacial score (nSPS) is 15.6. The zero-order valence-electron chi connectivity index (χ0n) is 55.0. The van der Waals surface area contributed by atoms with Crippen LogP contribution in [0.1, 0.15) is 148 Å². The molecule has 0 fully saturated rings. The van der Waals surface area contributed by atoms with Gasteiger partial charge >= 0.3 is 0 Å². The Bertz CT molecular complexity index is 3900. The molecule has 0 spiro atoms. The number of pyridine rings is 1. The van der Waals surface area contributed by atoms with E-state index >= 15 is 0 Å². The number of aromatic hydroxyl groups is 1. The van der Waals surface area contributed by atoms with Gasteiger partial charge in [-0.25, -0.2) is 4.98 Å². The molecule has 4 nitrogen and oxygen atoms in total. The van der Waals surface area contributed by atoms with Gasteiger partial charge in [0.15, 0.2) is 0 Å². The molecule has 0 bridgehead atoms. The summed E-state index contributed by atoms with van der Waals surface area (Å²) in [5.41, 5.74) is 6.31. The van der Waals surface area contributed by atoms with Gasteiger partial charge in [-0.1, -0.05) is 209 Å². The topological polar surface area (TPSA) is 50.9 Å². The van der Waals surface area contributed by atoms with Crippen molar-refractivity contribution in [3.05, 3.63) is 192 Å². The Morgan fingerprint density at radius 2 is 1.30 bits per heavy atom. The first-order valence-corrected chi connectivity index (χ1v) is 23.4. The van der Waals surface area contributed by atoms with Crippen molar-refractivity contribution in [3.63, 3.8) is 0 Å². The third-order valence-corrected chi connectivity index (χ3v) is 12.8. The zero-order chi connectivity index (χ0) is 60.8. The number of phenols is 1. The quantitative estimate of drug-likeness (QED) is 0.139. The van der Waals surface area contributed by atoms with E-state index in [4.69, 9.17) is 25.0 Å². The molecule has 0 saturated carbocycles. The van der Waals surface area contributed by atoms with Crippen molar-refractivity contribution in [3.8, 4) is 78.6 Å². The van der Waals surface area contributed by atoms with Crippen molar-refractivity contribution in [2.24, 2.45) is 0 Å². The van der Waals surface area contributed by atoms with Crippen LogP contribution in [0.25, 0.3) is 83.9 Å². The molecule has 2 aromatic heterocycles. The van der Waals surface area contributed by atoms with Gasteiger partial charge in [-0.15, -0.1) is 23.8 Å². The molecule has 0 amide bonds. The Labute approximate surface area is 450 Å². The summed E-state index contributed by atoms with van der Waals surface area (Å²) in [6.45, 7) is 7.09. The molecule has 358 valence electrons. The van der Waals surface area contributed by atoms with Crippen LogP contribution in [0.3, 0.4) is 0 Å². The number of hydrogen-bond acceptors (Lipinski definition) is 3. The molecule has 0 atom stereocenters. The second-order valence-electron chi connectivity index (χ2n) is 19.8. The second kappa shape index (κ2) is 19.8. The van der Waals surface area contributed by atoms with Crippen LogP contribution in [0.15, 0.2) is 158 Å². The fraction of sp³-hybridized carbons (Fsp3) is 0.262. The molecular weight excluding hydrogens is 1030 g/mol. The van der Waals surface area contributed by atoms with Gasteiger partial charge in [0, 0.05) is 52.2 Å². The van der Waals surface area contributed by atoms with E-state index in [-0.39, 0.29) is 60.9 Å². The number of rotatable bonds is 10. The fourth-order valence-corrected chi connectivity index (χ4v) is 8.82. The van der Waals surface area contributed by atoms with Gasteiger partial charge in [0.05, 0.1) is 27.8 Å². The van der Waals surface area contributed by atoms with Gasteiger partial charge in [0.2, 0.25) is 0 Å². The minimum atomic E-state index is -3.83. The number of hydrogen-bond donors (Lipinski definition) is 1. The van der Waals surface area contributed by atoms with Crippen molar-refractivity contribution in [2.75, 3.05) is 0 Å². The van der Waals surface area contributed by atoms with Gasteiger partial charge in [-0.2, -0.15) is 0 Å². The number of benzene rings is 7. The standard InChI is InChI=1S/C65H66N3O.Pt/c1-40(2)46-25-30-59(56(36-46)45-23-28-53(29-24-45)65(10,11)12)68-60-20-16-19-54(61(60)67-63(68)57-38-48(41(3)4)37-55(42(5)6)62(57)69)50-33-49(43-17-14-13-15-18-43)34-51(35-50)58-39-47(31-32-66-58)44-21-26-52(27-22-44)64(7,8)9;/h13-34,36-42,69H,1-12H3;/q-1;/i7D3,8D3,9D3,21D,22D,26D,27D,40D;. The van der Waals surface area contributed by atoms with Gasteiger partial charge in [-0.05, 0) is 109 Å². The van der Waals surface area contributed by atoms with Crippen LogP contribution in [0.2, 0.25) is 0 Å². The van der Waals surface area contributed by atoms with Crippen LogP contribution in [0, 0.1) is 6.07 Å². The number of fused-ring (bicyclic) bond motifs is 1. The van der Waals surface area contributed by atoms with Crippen LogP contribution in [0.5, 0.6) is 5.75 Å².